The normalized spacial score (nSPS) is 12.7. The maximum atomic E-state index is 10.4. The zero-order valence-electron chi connectivity index (χ0n) is 16.6. The van der Waals surface area contributed by atoms with Crippen molar-refractivity contribution in [2.45, 2.75) is 122 Å². The number of hydrogen-bond donors (Lipinski definition) is 2. The van der Waals surface area contributed by atoms with Crippen LogP contribution < -0.4 is 0 Å². The molecule has 1 unspecified atom stereocenters. The topological polar surface area (TPSA) is 57.5 Å². The largest absolute Gasteiger partial charge is 0.481 e. The monoisotopic (exact) mass is 354 g/mol. The van der Waals surface area contributed by atoms with Gasteiger partial charge in [0, 0.05) is 6.42 Å². The number of unbranched alkanes of at least 4 members (excludes halogenated alkanes) is 12. The molecule has 25 heavy (non-hydrogen) atoms. The average molecular weight is 355 g/mol. The fourth-order valence-electron chi connectivity index (χ4n) is 3.07. The first-order valence-electron chi connectivity index (χ1n) is 10.7. The van der Waals surface area contributed by atoms with Crippen LogP contribution in [0.3, 0.4) is 0 Å². The summed E-state index contributed by atoms with van der Waals surface area (Å²) >= 11 is 0. The van der Waals surface area contributed by atoms with Gasteiger partial charge >= 0.3 is 5.97 Å². The maximum absolute atomic E-state index is 10.4. The molecule has 0 aliphatic carbocycles. The Labute approximate surface area is 155 Å². The summed E-state index contributed by atoms with van der Waals surface area (Å²) in [5, 5.41) is 18.4. The molecule has 0 bridgehead atoms. The van der Waals surface area contributed by atoms with Crippen molar-refractivity contribution < 1.29 is 15.0 Å². The molecular weight excluding hydrogens is 312 g/mol. The molecule has 3 heteroatoms. The summed E-state index contributed by atoms with van der Waals surface area (Å²) in [6.07, 6.45) is 23.2. The predicted molar refractivity (Wildman–Crippen MR) is 107 cm³/mol. The van der Waals surface area contributed by atoms with Gasteiger partial charge in [0.1, 0.15) is 0 Å². The van der Waals surface area contributed by atoms with Gasteiger partial charge in [-0.2, -0.15) is 0 Å². The lowest BCUT2D eigenvalue weighted by atomic mass is 10.0. The van der Waals surface area contributed by atoms with Gasteiger partial charge in [0.2, 0.25) is 0 Å². The van der Waals surface area contributed by atoms with Crippen LogP contribution in [0.15, 0.2) is 12.2 Å². The molecule has 0 aromatic heterocycles. The molecule has 0 amide bonds. The van der Waals surface area contributed by atoms with Crippen LogP contribution in [0, 0.1) is 0 Å². The van der Waals surface area contributed by atoms with Gasteiger partial charge in [-0.1, -0.05) is 89.7 Å². The Balaban J connectivity index is 3.20. The minimum atomic E-state index is -0.671. The van der Waals surface area contributed by atoms with Crippen LogP contribution >= 0.6 is 0 Å². The van der Waals surface area contributed by atoms with E-state index in [-0.39, 0.29) is 6.10 Å². The number of hydrogen-bond acceptors (Lipinski definition) is 2. The van der Waals surface area contributed by atoms with E-state index in [0.29, 0.717) is 6.42 Å². The van der Waals surface area contributed by atoms with E-state index in [9.17, 15) is 9.90 Å². The number of carboxylic acid groups (broad SMARTS) is 1. The Morgan fingerprint density at radius 2 is 1.36 bits per heavy atom. The van der Waals surface area contributed by atoms with E-state index in [1.54, 1.807) is 0 Å². The van der Waals surface area contributed by atoms with Crippen LogP contribution in [0.4, 0.5) is 0 Å². The van der Waals surface area contributed by atoms with Gasteiger partial charge in [-0.3, -0.25) is 4.79 Å². The Hall–Kier alpha value is -0.830. The number of aliphatic carboxylic acids is 1. The highest BCUT2D eigenvalue weighted by molar-refractivity contribution is 5.66. The van der Waals surface area contributed by atoms with E-state index in [1.165, 1.54) is 64.2 Å². The molecule has 0 fully saturated rings. The van der Waals surface area contributed by atoms with Crippen LogP contribution in [0.25, 0.3) is 0 Å². The predicted octanol–water partition coefficient (Wildman–Crippen LogP) is 6.64. The first kappa shape index (κ1) is 24.2. The van der Waals surface area contributed by atoms with Crippen molar-refractivity contribution >= 4 is 5.97 Å². The summed E-state index contributed by atoms with van der Waals surface area (Å²) < 4.78 is 0. The number of carboxylic acids is 1. The minimum absolute atomic E-state index is 0.149. The molecule has 0 aromatic rings. The van der Waals surface area contributed by atoms with Crippen molar-refractivity contribution in [2.24, 2.45) is 0 Å². The third-order valence-corrected chi connectivity index (χ3v) is 4.73. The molecule has 148 valence electrons. The summed E-state index contributed by atoms with van der Waals surface area (Å²) in [5.74, 6) is -0.671. The lowest BCUT2D eigenvalue weighted by molar-refractivity contribution is -0.137. The highest BCUT2D eigenvalue weighted by Gasteiger charge is 2.00. The smallest absolute Gasteiger partial charge is 0.303 e. The van der Waals surface area contributed by atoms with Crippen molar-refractivity contribution in [1.82, 2.24) is 0 Å². The van der Waals surface area contributed by atoms with Gasteiger partial charge in [-0.25, -0.2) is 0 Å². The first-order valence-corrected chi connectivity index (χ1v) is 10.7. The van der Waals surface area contributed by atoms with Crippen molar-refractivity contribution in [3.63, 3.8) is 0 Å². The van der Waals surface area contributed by atoms with Crippen LogP contribution in [0.5, 0.6) is 0 Å². The number of rotatable bonds is 19. The van der Waals surface area contributed by atoms with E-state index in [4.69, 9.17) is 5.11 Å². The van der Waals surface area contributed by atoms with Gasteiger partial charge in [0.25, 0.3) is 0 Å². The quantitative estimate of drug-likeness (QED) is 0.202. The number of carbonyl (C=O) groups is 1. The van der Waals surface area contributed by atoms with Crippen LogP contribution in [-0.2, 0) is 4.79 Å². The van der Waals surface area contributed by atoms with Crippen molar-refractivity contribution in [1.29, 1.82) is 0 Å². The summed E-state index contributed by atoms with van der Waals surface area (Å²) in [7, 11) is 0. The second-order valence-corrected chi connectivity index (χ2v) is 7.32. The summed E-state index contributed by atoms with van der Waals surface area (Å²) in [4.78, 5) is 10.4. The molecule has 0 saturated carbocycles. The third-order valence-electron chi connectivity index (χ3n) is 4.73. The fourth-order valence-corrected chi connectivity index (χ4v) is 3.07. The highest BCUT2D eigenvalue weighted by atomic mass is 16.4. The second kappa shape index (κ2) is 19.5. The fraction of sp³-hybridized carbons (Fsp3) is 0.864. The molecule has 0 rings (SSSR count). The zero-order valence-corrected chi connectivity index (χ0v) is 16.6. The second-order valence-electron chi connectivity index (χ2n) is 7.32. The van der Waals surface area contributed by atoms with Crippen LogP contribution in [0.1, 0.15) is 116 Å². The molecule has 0 aromatic carbocycles. The molecule has 0 heterocycles. The molecule has 0 saturated heterocycles. The van der Waals surface area contributed by atoms with Crippen molar-refractivity contribution in [3.8, 4) is 0 Å². The lowest BCUT2D eigenvalue weighted by Crippen LogP contribution is -2.04. The molecular formula is C22H42O3. The van der Waals surface area contributed by atoms with E-state index in [0.717, 1.165) is 38.5 Å². The number of allylic oxidation sites excluding steroid dienone is 1. The van der Waals surface area contributed by atoms with E-state index in [2.05, 4.69) is 19.1 Å². The molecule has 0 aliphatic rings. The first-order chi connectivity index (χ1) is 12.2. The standard InChI is InChI=1S/C22H42O3/c1-2-3-4-15-18-21(23)19-16-13-11-9-7-5-6-8-10-12-14-17-20-22(24)25/h13,16,21,23H,2-12,14-15,17-20H2,1H3,(H,24,25)/b16-13-. The van der Waals surface area contributed by atoms with E-state index in [1.807, 2.05) is 0 Å². The maximum Gasteiger partial charge on any atom is 0.303 e. The lowest BCUT2D eigenvalue weighted by Gasteiger charge is -2.07. The number of aliphatic hydroxyl groups is 1. The van der Waals surface area contributed by atoms with Gasteiger partial charge in [0.15, 0.2) is 0 Å². The Morgan fingerprint density at radius 1 is 0.800 bits per heavy atom. The van der Waals surface area contributed by atoms with Crippen molar-refractivity contribution in [2.75, 3.05) is 0 Å². The van der Waals surface area contributed by atoms with Gasteiger partial charge < -0.3 is 10.2 Å². The SMILES string of the molecule is CCCCCCC(O)C/C=C\CCCCCCCCCCCC(=O)O. The number of aliphatic hydroxyl groups excluding tert-OH is 1. The van der Waals surface area contributed by atoms with E-state index >= 15 is 0 Å². The van der Waals surface area contributed by atoms with E-state index < -0.39 is 5.97 Å². The minimum Gasteiger partial charge on any atom is -0.481 e. The molecule has 3 nitrogen and oxygen atoms in total. The highest BCUT2D eigenvalue weighted by Crippen LogP contribution is 2.12. The summed E-state index contributed by atoms with van der Waals surface area (Å²) in [6, 6.07) is 0. The molecule has 1 atom stereocenters. The summed E-state index contributed by atoms with van der Waals surface area (Å²) in [5.41, 5.74) is 0. The Kier molecular flexibility index (Phi) is 18.8. The molecule has 0 aliphatic heterocycles. The Morgan fingerprint density at radius 3 is 1.96 bits per heavy atom. The Bertz CT molecular complexity index is 312. The average Bonchev–Trinajstić information content (AvgIpc) is 2.58. The molecule has 2 N–H and O–H groups in total. The van der Waals surface area contributed by atoms with Gasteiger partial charge in [0.05, 0.1) is 6.10 Å². The third kappa shape index (κ3) is 21.1. The zero-order chi connectivity index (χ0) is 18.6. The van der Waals surface area contributed by atoms with Crippen molar-refractivity contribution in [3.05, 3.63) is 12.2 Å². The molecule has 0 radical (unpaired) electrons. The van der Waals surface area contributed by atoms with Crippen LogP contribution in [0.2, 0.25) is 0 Å². The summed E-state index contributed by atoms with van der Waals surface area (Å²) in [6.45, 7) is 2.21. The van der Waals surface area contributed by atoms with Crippen LogP contribution in [-0.4, -0.2) is 22.3 Å². The van der Waals surface area contributed by atoms with Gasteiger partial charge in [-0.15, -0.1) is 0 Å². The van der Waals surface area contributed by atoms with Gasteiger partial charge in [-0.05, 0) is 32.1 Å². The molecule has 0 spiro atoms.